The van der Waals surface area contributed by atoms with E-state index in [0.29, 0.717) is 0 Å². The fourth-order valence-electron chi connectivity index (χ4n) is 4.21. The number of methoxy groups -OCH3 is 2. The third kappa shape index (κ3) is 5.22. The second kappa shape index (κ2) is 11.0. The van der Waals surface area contributed by atoms with Gasteiger partial charge in [-0.1, -0.05) is 30.3 Å². The number of nitro benzene ring substituents is 1. The highest BCUT2D eigenvalue weighted by Gasteiger charge is 2.57. The highest BCUT2D eigenvalue weighted by atomic mass is 16.7. The van der Waals surface area contributed by atoms with E-state index < -0.39 is 34.9 Å². The van der Waals surface area contributed by atoms with Crippen molar-refractivity contribution in [3.63, 3.8) is 0 Å². The van der Waals surface area contributed by atoms with E-state index in [1.54, 1.807) is 6.92 Å². The molecule has 2 aromatic carbocycles. The summed E-state index contributed by atoms with van der Waals surface area (Å²) in [7, 11) is 2.76. The molecule has 1 heterocycles. The minimum Gasteiger partial charge on any atom is -0.478 e. The molecule has 0 aliphatic carbocycles. The lowest BCUT2D eigenvalue weighted by molar-refractivity contribution is -0.385. The number of ether oxygens (including phenoxy) is 4. The fraction of sp³-hybridized carbons (Fsp3) is 0.375. The van der Waals surface area contributed by atoms with Gasteiger partial charge in [0, 0.05) is 38.8 Å². The van der Waals surface area contributed by atoms with Crippen LogP contribution in [0.2, 0.25) is 0 Å². The molecule has 0 spiro atoms. The molecule has 1 aliphatic rings. The second-order valence-corrected chi connectivity index (χ2v) is 8.17. The maximum absolute atomic E-state index is 12.2. The van der Waals surface area contributed by atoms with Crippen molar-refractivity contribution in [1.29, 1.82) is 5.26 Å². The Balaban J connectivity index is 2.20. The molecule has 0 aromatic heterocycles. The Labute approximate surface area is 208 Å². The van der Waals surface area contributed by atoms with Crippen LogP contribution >= 0.6 is 0 Å². The molecule has 2 N–H and O–H groups in total. The number of esters is 1. The predicted octanol–water partition coefficient (Wildman–Crippen LogP) is 2.64. The van der Waals surface area contributed by atoms with Crippen molar-refractivity contribution in [2.24, 2.45) is 10.7 Å². The summed E-state index contributed by atoms with van der Waals surface area (Å²) in [5.74, 6) is -0.666. The van der Waals surface area contributed by atoms with Crippen LogP contribution in [-0.4, -0.2) is 54.0 Å². The van der Waals surface area contributed by atoms with Gasteiger partial charge in [0.25, 0.3) is 5.69 Å². The highest BCUT2D eigenvalue weighted by Crippen LogP contribution is 2.47. The van der Waals surface area contributed by atoms with Gasteiger partial charge in [-0.3, -0.25) is 14.9 Å². The number of nitriles is 1. The Hall–Kier alpha value is -4.21. The Kier molecular flexibility index (Phi) is 8.08. The molecular weight excluding hydrogens is 470 g/mol. The van der Waals surface area contributed by atoms with Crippen LogP contribution in [0.4, 0.5) is 5.69 Å². The van der Waals surface area contributed by atoms with Gasteiger partial charge >= 0.3 is 5.97 Å². The zero-order valence-corrected chi connectivity index (χ0v) is 20.3. The number of nitrogens with zero attached hydrogens (tertiary/aromatic N) is 4. The average molecular weight is 498 g/mol. The lowest BCUT2D eigenvalue weighted by Gasteiger charge is -2.49. The maximum Gasteiger partial charge on any atom is 0.303 e. The zero-order chi connectivity index (χ0) is 26.5. The molecule has 0 saturated carbocycles. The predicted molar refractivity (Wildman–Crippen MR) is 127 cm³/mol. The number of fused-ring (bicyclic) bond motifs is 1. The first-order chi connectivity index (χ1) is 17.2. The van der Waals surface area contributed by atoms with Crippen LogP contribution in [-0.2, 0) is 25.5 Å². The summed E-state index contributed by atoms with van der Waals surface area (Å²) >= 11 is 0. The van der Waals surface area contributed by atoms with E-state index in [4.69, 9.17) is 24.7 Å². The fourth-order valence-corrected chi connectivity index (χ4v) is 4.21. The minimum atomic E-state index is -1.49. The molecule has 2 aromatic rings. The zero-order valence-electron chi connectivity index (χ0n) is 20.3. The molecule has 0 amide bonds. The van der Waals surface area contributed by atoms with Gasteiger partial charge in [-0.2, -0.15) is 5.26 Å². The quantitative estimate of drug-likeness (QED) is 0.0838. The molecule has 3 atom stereocenters. The normalized spacial score (nSPS) is 21.2. The third-order valence-corrected chi connectivity index (χ3v) is 5.79. The van der Waals surface area contributed by atoms with Gasteiger partial charge in [0.15, 0.2) is 17.9 Å². The van der Waals surface area contributed by atoms with Gasteiger partial charge in [-0.15, -0.1) is 0 Å². The van der Waals surface area contributed by atoms with Crippen LogP contribution < -0.4 is 10.5 Å². The molecule has 36 heavy (non-hydrogen) atoms. The van der Waals surface area contributed by atoms with Gasteiger partial charge in [-0.05, 0) is 18.6 Å². The van der Waals surface area contributed by atoms with Crippen LogP contribution in [0.5, 0.6) is 5.75 Å². The number of nitro groups is 1. The van der Waals surface area contributed by atoms with Gasteiger partial charge in [0.05, 0.1) is 11.5 Å². The Morgan fingerprint density at radius 2 is 1.97 bits per heavy atom. The summed E-state index contributed by atoms with van der Waals surface area (Å²) in [6.07, 6.45) is -0.317. The van der Waals surface area contributed by atoms with E-state index >= 15 is 0 Å². The maximum atomic E-state index is 12.2. The Bertz CT molecular complexity index is 1180. The van der Waals surface area contributed by atoms with Gasteiger partial charge < -0.3 is 24.7 Å². The molecule has 190 valence electrons. The third-order valence-electron chi connectivity index (χ3n) is 5.79. The van der Waals surface area contributed by atoms with E-state index in [1.807, 2.05) is 36.5 Å². The molecule has 3 unspecified atom stereocenters. The molecule has 0 fully saturated rings. The van der Waals surface area contributed by atoms with E-state index in [1.165, 1.54) is 39.3 Å². The van der Waals surface area contributed by atoms with Crippen molar-refractivity contribution in [2.45, 2.75) is 44.4 Å². The number of aliphatic imine (C=N–C) groups is 1. The summed E-state index contributed by atoms with van der Waals surface area (Å²) in [5, 5.41) is 21.7. The summed E-state index contributed by atoms with van der Waals surface area (Å²) < 4.78 is 22.7. The summed E-state index contributed by atoms with van der Waals surface area (Å²) in [6.45, 7) is 2.95. The van der Waals surface area contributed by atoms with E-state index in [-0.39, 0.29) is 29.5 Å². The van der Waals surface area contributed by atoms with Crippen LogP contribution in [0, 0.1) is 21.6 Å². The Morgan fingerprint density at radius 1 is 1.31 bits per heavy atom. The number of non-ortho nitro benzene ring substituents is 1. The molecule has 0 bridgehead atoms. The highest BCUT2D eigenvalue weighted by molar-refractivity contribution is 5.80. The number of carbonyl (C=O) groups excluding carboxylic acids is 1. The SMILES string of the molecule is COC(OC)C1(C)Oc2ccc([N+](=O)[O-])cc2C(N(C#N)C(N)=NCc2ccccc2)C1OC(C)=O. The number of guanidine groups is 1. The standard InChI is InChI=1S/C24H27N5O7/c1-15(30)35-21-20(28(14-25)23(26)27-13-16-8-6-5-7-9-16)18-12-17(29(31)32)10-11-19(18)36-24(21,2)22(33-3)34-4/h5-12,20-22H,13H2,1-4H3,(H2,26,27). The van der Waals surface area contributed by atoms with Crippen molar-refractivity contribution in [2.75, 3.05) is 14.2 Å². The summed E-state index contributed by atoms with van der Waals surface area (Å²) in [4.78, 5) is 28.5. The monoisotopic (exact) mass is 497 g/mol. The minimum absolute atomic E-state index is 0.171. The van der Waals surface area contributed by atoms with E-state index in [0.717, 1.165) is 10.5 Å². The number of rotatable bonds is 8. The Morgan fingerprint density at radius 3 is 2.53 bits per heavy atom. The number of benzene rings is 2. The lowest BCUT2D eigenvalue weighted by atomic mass is 9.83. The second-order valence-electron chi connectivity index (χ2n) is 8.17. The summed E-state index contributed by atoms with van der Waals surface area (Å²) in [5.41, 5.74) is 5.58. The van der Waals surface area contributed by atoms with Crippen molar-refractivity contribution in [3.8, 4) is 11.9 Å². The van der Waals surface area contributed by atoms with Crippen LogP contribution in [0.25, 0.3) is 0 Å². The topological polar surface area (TPSA) is 163 Å². The number of carbonyl (C=O) groups is 1. The van der Waals surface area contributed by atoms with Gasteiger partial charge in [0.2, 0.25) is 12.2 Å². The first kappa shape index (κ1) is 26.4. The largest absolute Gasteiger partial charge is 0.478 e. The van der Waals surface area contributed by atoms with Gasteiger partial charge in [0.1, 0.15) is 11.8 Å². The number of hydrogen-bond donors (Lipinski definition) is 1. The number of nitrogens with two attached hydrogens (primary N) is 1. The molecule has 12 heteroatoms. The van der Waals surface area contributed by atoms with Crippen molar-refractivity contribution in [1.82, 2.24) is 4.90 Å². The number of hydrogen-bond acceptors (Lipinski definition) is 9. The molecule has 0 radical (unpaired) electrons. The van der Waals surface area contributed by atoms with Crippen LogP contribution in [0.3, 0.4) is 0 Å². The first-order valence-electron chi connectivity index (χ1n) is 10.9. The average Bonchev–Trinajstić information content (AvgIpc) is 2.85. The summed E-state index contributed by atoms with van der Waals surface area (Å²) in [6, 6.07) is 12.0. The molecule has 0 saturated heterocycles. The van der Waals surface area contributed by atoms with Crippen LogP contribution in [0.15, 0.2) is 53.5 Å². The van der Waals surface area contributed by atoms with E-state index in [2.05, 4.69) is 4.99 Å². The lowest BCUT2D eigenvalue weighted by Crippen LogP contribution is -2.63. The van der Waals surface area contributed by atoms with Crippen molar-refractivity contribution < 1.29 is 28.7 Å². The smallest absolute Gasteiger partial charge is 0.303 e. The van der Waals surface area contributed by atoms with Crippen molar-refractivity contribution in [3.05, 3.63) is 69.8 Å². The molecular formula is C24H27N5O7. The first-order valence-corrected chi connectivity index (χ1v) is 10.9. The molecule has 3 rings (SSSR count). The van der Waals surface area contributed by atoms with Crippen LogP contribution in [0.1, 0.15) is 31.0 Å². The van der Waals surface area contributed by atoms with E-state index in [9.17, 15) is 20.2 Å². The molecule has 1 aliphatic heterocycles. The van der Waals surface area contributed by atoms with Gasteiger partial charge in [-0.25, -0.2) is 9.89 Å². The molecule has 12 nitrogen and oxygen atoms in total. The van der Waals surface area contributed by atoms with Crippen molar-refractivity contribution >= 4 is 17.6 Å².